The molecule has 0 aliphatic heterocycles. The Balaban J connectivity index is 0.957. The van der Waals surface area contributed by atoms with E-state index in [0.29, 0.717) is 0 Å². The Morgan fingerprint density at radius 1 is 0.167 bits per heavy atom. The van der Waals surface area contributed by atoms with Crippen LogP contribution in [0.2, 0.25) is 0 Å². The van der Waals surface area contributed by atoms with Crippen LogP contribution < -0.4 is 0 Å². The van der Waals surface area contributed by atoms with Gasteiger partial charge in [-0.2, -0.15) is 0 Å². The first-order chi connectivity index (χ1) is 26.7. The van der Waals surface area contributed by atoms with E-state index in [-0.39, 0.29) is 0 Å². The van der Waals surface area contributed by atoms with Gasteiger partial charge in [0.05, 0.1) is 0 Å². The van der Waals surface area contributed by atoms with Crippen LogP contribution in [0.3, 0.4) is 0 Å². The zero-order valence-corrected chi connectivity index (χ0v) is 29.6. The van der Waals surface area contributed by atoms with Gasteiger partial charge in [0, 0.05) is 0 Å². The topological polar surface area (TPSA) is 0 Å². The van der Waals surface area contributed by atoms with E-state index in [1.807, 2.05) is 0 Å². The van der Waals surface area contributed by atoms with Crippen LogP contribution in [0.4, 0.5) is 0 Å². The lowest BCUT2D eigenvalue weighted by molar-refractivity contribution is 1.62. The third-order valence-electron chi connectivity index (χ3n) is 11.4. The Hall–Kier alpha value is -7.02. The summed E-state index contributed by atoms with van der Waals surface area (Å²) in [5.74, 6) is 0. The Kier molecular flexibility index (Phi) is 6.97. The van der Waals surface area contributed by atoms with Gasteiger partial charge in [0.1, 0.15) is 0 Å². The van der Waals surface area contributed by atoms with Crippen LogP contribution in [0.25, 0.3) is 109 Å². The zero-order chi connectivity index (χ0) is 35.6. The van der Waals surface area contributed by atoms with Crippen molar-refractivity contribution in [1.29, 1.82) is 0 Å². The summed E-state index contributed by atoms with van der Waals surface area (Å²) in [6.45, 7) is 0. The largest absolute Gasteiger partial charge is 0.0622 e. The first-order valence-electron chi connectivity index (χ1n) is 18.7. The van der Waals surface area contributed by atoms with Gasteiger partial charge in [-0.25, -0.2) is 0 Å². The van der Waals surface area contributed by atoms with Gasteiger partial charge in [-0.3, -0.25) is 0 Å². The molecule has 0 spiro atoms. The molecular formula is C54H34. The predicted octanol–water partition coefficient (Wildman–Crippen LogP) is 15.3. The van der Waals surface area contributed by atoms with E-state index in [2.05, 4.69) is 206 Å². The minimum atomic E-state index is 1.23. The van der Waals surface area contributed by atoms with Crippen LogP contribution in [-0.4, -0.2) is 0 Å². The lowest BCUT2D eigenvalue weighted by Crippen LogP contribution is -1.88. The molecule has 0 N–H and O–H groups in total. The Morgan fingerprint density at radius 3 is 1.24 bits per heavy atom. The number of hydrogen-bond donors (Lipinski definition) is 0. The molecule has 54 heavy (non-hydrogen) atoms. The van der Waals surface area contributed by atoms with Crippen molar-refractivity contribution in [2.75, 3.05) is 0 Å². The fraction of sp³-hybridized carbons (Fsp3) is 0. The van der Waals surface area contributed by atoms with Crippen molar-refractivity contribution < 1.29 is 0 Å². The first-order valence-corrected chi connectivity index (χ1v) is 18.7. The smallest absolute Gasteiger partial charge is 0.00988 e. The van der Waals surface area contributed by atoms with E-state index in [1.165, 1.54) is 109 Å². The highest BCUT2D eigenvalue weighted by Gasteiger charge is 2.13. The average molecular weight is 683 g/mol. The van der Waals surface area contributed by atoms with Crippen LogP contribution in [0.1, 0.15) is 0 Å². The van der Waals surface area contributed by atoms with Gasteiger partial charge in [0.25, 0.3) is 0 Å². The quantitative estimate of drug-likeness (QED) is 0.162. The summed E-state index contributed by atoms with van der Waals surface area (Å²) >= 11 is 0. The van der Waals surface area contributed by atoms with Crippen LogP contribution in [-0.2, 0) is 0 Å². The van der Waals surface area contributed by atoms with Crippen molar-refractivity contribution in [3.63, 3.8) is 0 Å². The SMILES string of the molecule is c1ccc(-c2cc3ccccc3cc2-c2ccc3c(ccc4cc(-c5ccc6cc(-c7cc8ccccc8c8ccccc78)ccc6c5)ccc43)c2)cc1. The standard InChI is InChI=1S/C54H34/c1-2-10-35(11-3-1)52-32-36-12-4-5-13-37(36)33-54(52)46-25-27-49-44(31-46)23-22-43-29-41(24-26-48(43)49)38-18-19-40-30-45(21-20-39(40)28-38)53-34-42-14-6-7-15-47(42)50-16-8-9-17-51(50)53/h1-34H. The second-order valence-corrected chi connectivity index (χ2v) is 14.5. The lowest BCUT2D eigenvalue weighted by Gasteiger charge is -2.14. The summed E-state index contributed by atoms with van der Waals surface area (Å²) in [5.41, 5.74) is 9.96. The fourth-order valence-electron chi connectivity index (χ4n) is 8.64. The molecule has 11 aromatic carbocycles. The first kappa shape index (κ1) is 30.6. The molecule has 11 aromatic rings. The maximum atomic E-state index is 2.36. The normalized spacial score (nSPS) is 11.7. The highest BCUT2D eigenvalue weighted by Crippen LogP contribution is 2.40. The Labute approximate surface area is 314 Å². The molecule has 0 unspecified atom stereocenters. The monoisotopic (exact) mass is 682 g/mol. The van der Waals surface area contributed by atoms with Crippen LogP contribution in [0.5, 0.6) is 0 Å². The molecule has 0 aliphatic rings. The van der Waals surface area contributed by atoms with Crippen molar-refractivity contribution in [3.8, 4) is 44.5 Å². The minimum absolute atomic E-state index is 1.23. The molecule has 0 saturated carbocycles. The maximum absolute atomic E-state index is 2.36. The molecule has 0 aliphatic carbocycles. The highest BCUT2D eigenvalue weighted by molar-refractivity contribution is 6.14. The molecule has 0 nitrogen and oxygen atoms in total. The van der Waals surface area contributed by atoms with Crippen molar-refractivity contribution in [1.82, 2.24) is 0 Å². The number of rotatable bonds is 4. The molecule has 0 heterocycles. The van der Waals surface area contributed by atoms with Gasteiger partial charge in [-0.1, -0.05) is 164 Å². The second-order valence-electron chi connectivity index (χ2n) is 14.5. The van der Waals surface area contributed by atoms with E-state index in [9.17, 15) is 0 Å². The van der Waals surface area contributed by atoms with E-state index >= 15 is 0 Å². The van der Waals surface area contributed by atoms with E-state index in [4.69, 9.17) is 0 Å². The van der Waals surface area contributed by atoms with Crippen molar-refractivity contribution in [2.45, 2.75) is 0 Å². The molecule has 11 rings (SSSR count). The Morgan fingerprint density at radius 2 is 0.537 bits per heavy atom. The van der Waals surface area contributed by atoms with E-state index in [0.717, 1.165) is 0 Å². The Bertz CT molecular complexity index is 3260. The average Bonchev–Trinajstić information content (AvgIpc) is 3.25. The molecule has 250 valence electrons. The van der Waals surface area contributed by atoms with Gasteiger partial charge in [0.2, 0.25) is 0 Å². The number of fused-ring (bicyclic) bond motifs is 8. The van der Waals surface area contributed by atoms with Crippen LogP contribution in [0, 0.1) is 0 Å². The molecule has 0 radical (unpaired) electrons. The molecule has 0 atom stereocenters. The number of benzene rings is 11. The predicted molar refractivity (Wildman–Crippen MR) is 233 cm³/mol. The van der Waals surface area contributed by atoms with Crippen LogP contribution in [0.15, 0.2) is 206 Å². The van der Waals surface area contributed by atoms with Gasteiger partial charge in [-0.15, -0.1) is 0 Å². The zero-order valence-electron chi connectivity index (χ0n) is 29.6. The minimum Gasteiger partial charge on any atom is -0.0622 e. The lowest BCUT2D eigenvalue weighted by atomic mass is 9.89. The van der Waals surface area contributed by atoms with Crippen molar-refractivity contribution >= 4 is 64.6 Å². The second kappa shape index (κ2) is 12.3. The molecule has 0 fully saturated rings. The third kappa shape index (κ3) is 5.07. The number of hydrogen-bond acceptors (Lipinski definition) is 0. The summed E-state index contributed by atoms with van der Waals surface area (Å²) in [7, 11) is 0. The molecule has 0 amide bonds. The fourth-order valence-corrected chi connectivity index (χ4v) is 8.64. The summed E-state index contributed by atoms with van der Waals surface area (Å²) in [5, 5.41) is 15.2. The molecule has 0 aromatic heterocycles. The summed E-state index contributed by atoms with van der Waals surface area (Å²) < 4.78 is 0. The summed E-state index contributed by atoms with van der Waals surface area (Å²) in [6.07, 6.45) is 0. The van der Waals surface area contributed by atoms with Gasteiger partial charge >= 0.3 is 0 Å². The van der Waals surface area contributed by atoms with Crippen molar-refractivity contribution in [2.24, 2.45) is 0 Å². The molecular weight excluding hydrogens is 649 g/mol. The molecule has 0 heteroatoms. The maximum Gasteiger partial charge on any atom is -0.00988 e. The van der Waals surface area contributed by atoms with E-state index in [1.54, 1.807) is 0 Å². The highest BCUT2D eigenvalue weighted by atomic mass is 14.2. The summed E-state index contributed by atoms with van der Waals surface area (Å²) in [4.78, 5) is 0. The molecule has 0 saturated heterocycles. The van der Waals surface area contributed by atoms with Crippen LogP contribution >= 0.6 is 0 Å². The third-order valence-corrected chi connectivity index (χ3v) is 11.4. The van der Waals surface area contributed by atoms with Gasteiger partial charge < -0.3 is 0 Å². The van der Waals surface area contributed by atoms with Gasteiger partial charge in [0.15, 0.2) is 0 Å². The summed E-state index contributed by atoms with van der Waals surface area (Å²) in [6, 6.07) is 76.2. The van der Waals surface area contributed by atoms with Gasteiger partial charge in [-0.05, 0) is 152 Å². The van der Waals surface area contributed by atoms with Crippen molar-refractivity contribution in [3.05, 3.63) is 206 Å². The molecule has 0 bridgehead atoms. The van der Waals surface area contributed by atoms with E-state index < -0.39 is 0 Å².